The summed E-state index contributed by atoms with van der Waals surface area (Å²) in [6, 6.07) is 0. The highest BCUT2D eigenvalue weighted by Crippen LogP contribution is 2.67. The van der Waals surface area contributed by atoms with Gasteiger partial charge in [0.25, 0.3) is 0 Å². The first-order valence-corrected chi connectivity index (χ1v) is 7.42. The van der Waals surface area contributed by atoms with Crippen LogP contribution in [0, 0.1) is 16.7 Å². The van der Waals surface area contributed by atoms with Crippen LogP contribution in [-0.4, -0.2) is 34.3 Å². The Kier molecular flexibility index (Phi) is 3.72. The molecule has 1 aliphatic carbocycles. The number of hydrogen-bond acceptors (Lipinski definition) is 3. The van der Waals surface area contributed by atoms with E-state index in [9.17, 15) is 8.42 Å². The van der Waals surface area contributed by atoms with E-state index in [-0.39, 0.29) is 16.6 Å². The lowest BCUT2D eigenvalue weighted by molar-refractivity contribution is 0.457. The fourth-order valence-electron chi connectivity index (χ4n) is 2.36. The van der Waals surface area contributed by atoms with Gasteiger partial charge in [0.15, 0.2) is 0 Å². The van der Waals surface area contributed by atoms with E-state index in [0.717, 1.165) is 0 Å². The van der Waals surface area contributed by atoms with Crippen LogP contribution in [0.2, 0.25) is 0 Å². The van der Waals surface area contributed by atoms with Crippen molar-refractivity contribution in [3.8, 4) is 0 Å². The Hall–Kier alpha value is -0.130. The third-order valence-corrected chi connectivity index (χ3v) is 5.80. The highest BCUT2D eigenvalue weighted by atomic mass is 32.2. The molecular formula is C11H24N2O2S. The van der Waals surface area contributed by atoms with Crippen LogP contribution in [0.4, 0.5) is 0 Å². The van der Waals surface area contributed by atoms with Crippen LogP contribution >= 0.6 is 0 Å². The van der Waals surface area contributed by atoms with E-state index in [2.05, 4.69) is 37.7 Å². The van der Waals surface area contributed by atoms with Gasteiger partial charge in [0.2, 0.25) is 10.0 Å². The second kappa shape index (κ2) is 4.27. The van der Waals surface area contributed by atoms with Crippen molar-refractivity contribution in [2.24, 2.45) is 16.7 Å². The molecule has 0 aromatic rings. The molecule has 1 fully saturated rings. The Bertz CT molecular complexity index is 333. The normalized spacial score (nSPS) is 23.3. The summed E-state index contributed by atoms with van der Waals surface area (Å²) in [5, 5.41) is 2.84. The van der Waals surface area contributed by atoms with Crippen molar-refractivity contribution in [2.75, 3.05) is 25.9 Å². The molecule has 0 atom stereocenters. The molecule has 0 unspecified atom stereocenters. The number of rotatable bonds is 6. The van der Waals surface area contributed by atoms with Crippen LogP contribution in [0.25, 0.3) is 0 Å². The van der Waals surface area contributed by atoms with Crippen LogP contribution < -0.4 is 10.0 Å². The number of hydrogen-bond donors (Lipinski definition) is 2. The summed E-state index contributed by atoms with van der Waals surface area (Å²) in [4.78, 5) is 0. The zero-order chi connectivity index (χ0) is 12.6. The van der Waals surface area contributed by atoms with Crippen LogP contribution in [0.5, 0.6) is 0 Å². The first kappa shape index (κ1) is 13.9. The molecule has 0 aromatic heterocycles. The van der Waals surface area contributed by atoms with Crippen molar-refractivity contribution in [1.82, 2.24) is 10.0 Å². The largest absolute Gasteiger partial charge is 0.319 e. The number of nitrogens with one attached hydrogen (secondary N) is 2. The van der Waals surface area contributed by atoms with Crippen LogP contribution in [-0.2, 0) is 10.0 Å². The Balaban J connectivity index is 2.43. The first-order chi connectivity index (χ1) is 7.15. The average molecular weight is 248 g/mol. The standard InChI is InChI=1S/C11H24N2O2S/c1-10(2)9(11(10,3)4)8-13-16(14,15)7-6-12-5/h9,12-13H,6-8H2,1-5H3. The van der Waals surface area contributed by atoms with Gasteiger partial charge in [-0.1, -0.05) is 27.7 Å². The van der Waals surface area contributed by atoms with Gasteiger partial charge in [0.05, 0.1) is 5.75 Å². The average Bonchev–Trinajstić information content (AvgIpc) is 2.52. The summed E-state index contributed by atoms with van der Waals surface area (Å²) < 4.78 is 25.9. The highest BCUT2D eigenvalue weighted by Gasteiger charge is 2.64. The summed E-state index contributed by atoms with van der Waals surface area (Å²) in [6.07, 6.45) is 0. The number of sulfonamides is 1. The van der Waals surface area contributed by atoms with Gasteiger partial charge in [0.1, 0.15) is 0 Å². The van der Waals surface area contributed by atoms with Crippen molar-refractivity contribution < 1.29 is 8.42 Å². The molecule has 1 aliphatic rings. The molecule has 0 radical (unpaired) electrons. The molecule has 4 nitrogen and oxygen atoms in total. The van der Waals surface area contributed by atoms with Gasteiger partial charge < -0.3 is 5.32 Å². The van der Waals surface area contributed by atoms with E-state index in [1.165, 1.54) is 0 Å². The van der Waals surface area contributed by atoms with Crippen molar-refractivity contribution in [3.05, 3.63) is 0 Å². The van der Waals surface area contributed by atoms with Gasteiger partial charge in [-0.3, -0.25) is 0 Å². The first-order valence-electron chi connectivity index (χ1n) is 5.77. The van der Waals surface area contributed by atoms with Gasteiger partial charge in [-0.15, -0.1) is 0 Å². The third-order valence-electron chi connectivity index (χ3n) is 4.45. The van der Waals surface area contributed by atoms with Gasteiger partial charge in [0, 0.05) is 13.1 Å². The molecule has 16 heavy (non-hydrogen) atoms. The van der Waals surface area contributed by atoms with Crippen LogP contribution in [0.3, 0.4) is 0 Å². The molecule has 5 heteroatoms. The molecular weight excluding hydrogens is 224 g/mol. The fraction of sp³-hybridized carbons (Fsp3) is 1.00. The predicted molar refractivity (Wildman–Crippen MR) is 66.8 cm³/mol. The lowest BCUT2D eigenvalue weighted by atomic mass is 10.0. The van der Waals surface area contributed by atoms with Crippen molar-refractivity contribution in [1.29, 1.82) is 0 Å². The van der Waals surface area contributed by atoms with Crippen molar-refractivity contribution >= 4 is 10.0 Å². The van der Waals surface area contributed by atoms with E-state index in [0.29, 0.717) is 19.0 Å². The maximum atomic E-state index is 11.6. The minimum Gasteiger partial charge on any atom is -0.319 e. The maximum Gasteiger partial charge on any atom is 0.212 e. The van der Waals surface area contributed by atoms with Gasteiger partial charge in [-0.2, -0.15) is 0 Å². The Morgan fingerprint density at radius 3 is 2.00 bits per heavy atom. The second-order valence-corrected chi connectivity index (χ2v) is 7.69. The van der Waals surface area contributed by atoms with Gasteiger partial charge in [-0.25, -0.2) is 13.1 Å². The summed E-state index contributed by atoms with van der Waals surface area (Å²) in [5.41, 5.74) is 0.469. The molecule has 0 aliphatic heterocycles. The van der Waals surface area contributed by atoms with Gasteiger partial charge >= 0.3 is 0 Å². The molecule has 0 aromatic carbocycles. The van der Waals surface area contributed by atoms with Crippen molar-refractivity contribution in [2.45, 2.75) is 27.7 Å². The Morgan fingerprint density at radius 1 is 1.12 bits per heavy atom. The van der Waals surface area contributed by atoms with E-state index in [4.69, 9.17) is 0 Å². The zero-order valence-corrected chi connectivity index (χ0v) is 11.7. The van der Waals surface area contributed by atoms with E-state index in [1.807, 2.05) is 0 Å². The quantitative estimate of drug-likeness (QED) is 0.731. The molecule has 0 spiro atoms. The predicted octanol–water partition coefficient (Wildman–Crippen LogP) is 0.807. The van der Waals surface area contributed by atoms with Crippen LogP contribution in [0.1, 0.15) is 27.7 Å². The Morgan fingerprint density at radius 2 is 1.62 bits per heavy atom. The van der Waals surface area contributed by atoms with Crippen LogP contribution in [0.15, 0.2) is 0 Å². The smallest absolute Gasteiger partial charge is 0.212 e. The molecule has 0 amide bonds. The molecule has 1 saturated carbocycles. The fourth-order valence-corrected chi connectivity index (χ4v) is 3.40. The molecule has 96 valence electrons. The summed E-state index contributed by atoms with van der Waals surface area (Å²) >= 11 is 0. The molecule has 0 heterocycles. The summed E-state index contributed by atoms with van der Waals surface area (Å²) in [7, 11) is -1.36. The van der Waals surface area contributed by atoms with Gasteiger partial charge in [-0.05, 0) is 23.8 Å². The molecule has 1 rings (SSSR count). The Labute approximate surface area is 99.2 Å². The summed E-state index contributed by atoms with van der Waals surface area (Å²) in [5.74, 6) is 0.584. The third kappa shape index (κ3) is 2.57. The topological polar surface area (TPSA) is 58.2 Å². The maximum absolute atomic E-state index is 11.6. The molecule has 0 saturated heterocycles. The highest BCUT2D eigenvalue weighted by molar-refractivity contribution is 7.89. The molecule has 2 N–H and O–H groups in total. The lowest BCUT2D eigenvalue weighted by Gasteiger charge is -2.07. The molecule has 0 bridgehead atoms. The lowest BCUT2D eigenvalue weighted by Crippen LogP contribution is -2.33. The van der Waals surface area contributed by atoms with E-state index >= 15 is 0 Å². The van der Waals surface area contributed by atoms with Crippen molar-refractivity contribution in [3.63, 3.8) is 0 Å². The van der Waals surface area contributed by atoms with E-state index in [1.54, 1.807) is 7.05 Å². The SMILES string of the molecule is CNCCS(=O)(=O)NCC1C(C)(C)C1(C)C. The minimum absolute atomic E-state index is 0.150. The summed E-state index contributed by atoms with van der Waals surface area (Å²) in [6.45, 7) is 9.83. The monoisotopic (exact) mass is 248 g/mol. The van der Waals surface area contributed by atoms with E-state index < -0.39 is 10.0 Å². The minimum atomic E-state index is -3.11. The second-order valence-electron chi connectivity index (χ2n) is 5.77. The zero-order valence-electron chi connectivity index (χ0n) is 10.9.